The van der Waals surface area contributed by atoms with Crippen molar-refractivity contribution in [2.75, 3.05) is 45.2 Å². The van der Waals surface area contributed by atoms with Crippen LogP contribution >= 0.6 is 11.8 Å². The van der Waals surface area contributed by atoms with Crippen LogP contribution in [0.5, 0.6) is 0 Å². The van der Waals surface area contributed by atoms with E-state index < -0.39 is 10.2 Å². The first kappa shape index (κ1) is 17.2. The summed E-state index contributed by atoms with van der Waals surface area (Å²) in [6.45, 7) is 4.75. The van der Waals surface area contributed by atoms with Crippen LogP contribution in [0.15, 0.2) is 0 Å². The van der Waals surface area contributed by atoms with Crippen LogP contribution in [0.3, 0.4) is 0 Å². The zero-order valence-corrected chi connectivity index (χ0v) is 13.8. The smallest absolute Gasteiger partial charge is 0.279 e. The van der Waals surface area contributed by atoms with Crippen LogP contribution in [-0.2, 0) is 10.2 Å². The largest absolute Gasteiger partial charge is 0.319 e. The van der Waals surface area contributed by atoms with E-state index in [1.165, 1.54) is 0 Å². The number of hydrogen-bond acceptors (Lipinski definition) is 4. The van der Waals surface area contributed by atoms with Crippen molar-refractivity contribution in [3.8, 4) is 0 Å². The van der Waals surface area contributed by atoms with Crippen molar-refractivity contribution >= 4 is 22.0 Å². The van der Waals surface area contributed by atoms with Gasteiger partial charge in [0.2, 0.25) is 0 Å². The Morgan fingerprint density at radius 3 is 2.84 bits per heavy atom. The molecule has 0 spiro atoms. The van der Waals surface area contributed by atoms with Crippen LogP contribution < -0.4 is 10.0 Å². The van der Waals surface area contributed by atoms with Gasteiger partial charge in [-0.3, -0.25) is 0 Å². The van der Waals surface area contributed by atoms with E-state index in [0.717, 1.165) is 25.1 Å². The maximum absolute atomic E-state index is 12.2. The Kier molecular flexibility index (Phi) is 7.68. The van der Waals surface area contributed by atoms with Gasteiger partial charge < -0.3 is 5.32 Å². The predicted octanol–water partition coefficient (Wildman–Crippen LogP) is 0.751. The first-order chi connectivity index (χ1) is 8.99. The molecule has 1 saturated heterocycles. The van der Waals surface area contributed by atoms with Crippen LogP contribution in [-0.4, -0.2) is 58.0 Å². The Labute approximate surface area is 122 Å². The van der Waals surface area contributed by atoms with Gasteiger partial charge in [0, 0.05) is 19.6 Å². The topological polar surface area (TPSA) is 61.4 Å². The van der Waals surface area contributed by atoms with Gasteiger partial charge in [-0.1, -0.05) is 6.92 Å². The van der Waals surface area contributed by atoms with Crippen molar-refractivity contribution in [1.82, 2.24) is 14.3 Å². The van der Waals surface area contributed by atoms with E-state index >= 15 is 0 Å². The van der Waals surface area contributed by atoms with E-state index in [9.17, 15) is 8.42 Å². The van der Waals surface area contributed by atoms with Gasteiger partial charge in [-0.2, -0.15) is 24.5 Å². The number of rotatable bonds is 8. The third kappa shape index (κ3) is 5.99. The molecule has 0 aromatic rings. The number of hydrogen-bond donors (Lipinski definition) is 2. The Morgan fingerprint density at radius 2 is 2.21 bits per heavy atom. The molecule has 0 aliphatic carbocycles. The van der Waals surface area contributed by atoms with Crippen LogP contribution in [0.2, 0.25) is 0 Å². The molecule has 1 heterocycles. The number of nitrogens with zero attached hydrogens (tertiary/aromatic N) is 1. The van der Waals surface area contributed by atoms with E-state index in [-0.39, 0.29) is 0 Å². The zero-order valence-electron chi connectivity index (χ0n) is 12.2. The molecule has 2 atom stereocenters. The van der Waals surface area contributed by atoms with Crippen LogP contribution in [0.25, 0.3) is 0 Å². The Hall–Kier alpha value is 0.180. The van der Waals surface area contributed by atoms with Gasteiger partial charge in [-0.05, 0) is 50.3 Å². The van der Waals surface area contributed by atoms with Crippen molar-refractivity contribution in [3.05, 3.63) is 0 Å². The van der Waals surface area contributed by atoms with E-state index in [1.54, 1.807) is 16.1 Å². The molecule has 0 bridgehead atoms. The monoisotopic (exact) mass is 309 g/mol. The summed E-state index contributed by atoms with van der Waals surface area (Å²) in [5.41, 5.74) is 0. The highest BCUT2D eigenvalue weighted by Gasteiger charge is 2.28. The lowest BCUT2D eigenvalue weighted by Crippen LogP contribution is -2.48. The molecular formula is C12H27N3O2S2. The molecule has 1 aliphatic rings. The minimum Gasteiger partial charge on any atom is -0.319 e. The van der Waals surface area contributed by atoms with Crippen molar-refractivity contribution < 1.29 is 8.42 Å². The molecule has 2 unspecified atom stereocenters. The Balaban J connectivity index is 2.47. The molecule has 0 aromatic carbocycles. The maximum Gasteiger partial charge on any atom is 0.279 e. The average Bonchev–Trinajstić information content (AvgIpc) is 2.38. The molecule has 0 radical (unpaired) electrons. The number of nitrogens with one attached hydrogen (secondary N) is 2. The van der Waals surface area contributed by atoms with Crippen molar-refractivity contribution in [2.24, 2.45) is 11.8 Å². The van der Waals surface area contributed by atoms with Crippen LogP contribution in [0.1, 0.15) is 19.8 Å². The van der Waals surface area contributed by atoms with E-state index in [2.05, 4.69) is 17.0 Å². The molecule has 2 N–H and O–H groups in total. The fraction of sp³-hybridized carbons (Fsp3) is 1.00. The molecule has 0 amide bonds. The summed E-state index contributed by atoms with van der Waals surface area (Å²) in [5, 5.41) is 3.13. The minimum absolute atomic E-state index is 0.364. The highest BCUT2D eigenvalue weighted by Crippen LogP contribution is 2.18. The summed E-state index contributed by atoms with van der Waals surface area (Å²) in [6, 6.07) is 0. The summed E-state index contributed by atoms with van der Waals surface area (Å²) < 4.78 is 28.8. The van der Waals surface area contributed by atoms with Crippen LogP contribution in [0, 0.1) is 11.8 Å². The highest BCUT2D eigenvalue weighted by molar-refractivity contribution is 7.98. The summed E-state index contributed by atoms with van der Waals surface area (Å²) in [5.74, 6) is 1.77. The zero-order chi connectivity index (χ0) is 14.3. The summed E-state index contributed by atoms with van der Waals surface area (Å²) in [4.78, 5) is 0. The number of piperidine rings is 1. The molecule has 5 nitrogen and oxygen atoms in total. The second kappa shape index (κ2) is 8.46. The fourth-order valence-corrected chi connectivity index (χ4v) is 4.52. The highest BCUT2D eigenvalue weighted by atomic mass is 32.2. The lowest BCUT2D eigenvalue weighted by atomic mass is 10.00. The van der Waals surface area contributed by atoms with E-state index in [0.29, 0.717) is 31.5 Å². The molecule has 7 heteroatoms. The Morgan fingerprint density at radius 1 is 1.47 bits per heavy atom. The maximum atomic E-state index is 12.2. The molecule has 1 rings (SSSR count). The summed E-state index contributed by atoms with van der Waals surface area (Å²) in [6.07, 6.45) is 4.10. The average molecular weight is 310 g/mol. The first-order valence-electron chi connectivity index (χ1n) is 6.88. The van der Waals surface area contributed by atoms with Gasteiger partial charge in [0.1, 0.15) is 0 Å². The van der Waals surface area contributed by atoms with Gasteiger partial charge in [0.25, 0.3) is 10.2 Å². The fourth-order valence-electron chi connectivity index (χ4n) is 2.38. The molecular weight excluding hydrogens is 282 g/mol. The van der Waals surface area contributed by atoms with Crippen molar-refractivity contribution in [1.29, 1.82) is 0 Å². The molecule has 114 valence electrons. The lowest BCUT2D eigenvalue weighted by Gasteiger charge is -2.32. The third-order valence-electron chi connectivity index (χ3n) is 3.38. The van der Waals surface area contributed by atoms with E-state index in [4.69, 9.17) is 0 Å². The molecule has 1 fully saturated rings. The molecule has 19 heavy (non-hydrogen) atoms. The van der Waals surface area contributed by atoms with Gasteiger partial charge >= 0.3 is 0 Å². The second-order valence-corrected chi connectivity index (χ2v) is 8.00. The SMILES string of the molecule is CNCC1CCCN(S(=O)(=O)NCC(C)CSC)C1. The van der Waals surface area contributed by atoms with Crippen molar-refractivity contribution in [3.63, 3.8) is 0 Å². The van der Waals surface area contributed by atoms with Gasteiger partial charge in [-0.15, -0.1) is 0 Å². The standard InChI is InChI=1S/C12H27N3O2S2/c1-11(10-18-3)7-14-19(16,17)15-6-4-5-12(9-15)8-13-2/h11-14H,4-10H2,1-3H3. The second-order valence-electron chi connectivity index (χ2n) is 5.34. The summed E-state index contributed by atoms with van der Waals surface area (Å²) in [7, 11) is -1.39. The normalized spacial score (nSPS) is 23.4. The van der Waals surface area contributed by atoms with E-state index in [1.807, 2.05) is 13.3 Å². The molecule has 0 saturated carbocycles. The minimum atomic E-state index is -3.30. The quantitative estimate of drug-likeness (QED) is 0.695. The predicted molar refractivity (Wildman–Crippen MR) is 82.7 cm³/mol. The lowest BCUT2D eigenvalue weighted by molar-refractivity contribution is 0.260. The van der Waals surface area contributed by atoms with Gasteiger partial charge in [-0.25, -0.2) is 4.72 Å². The molecule has 1 aliphatic heterocycles. The van der Waals surface area contributed by atoms with Gasteiger partial charge in [0.15, 0.2) is 0 Å². The number of thioether (sulfide) groups is 1. The van der Waals surface area contributed by atoms with Crippen molar-refractivity contribution in [2.45, 2.75) is 19.8 Å². The van der Waals surface area contributed by atoms with Crippen LogP contribution in [0.4, 0.5) is 0 Å². The molecule has 0 aromatic heterocycles. The van der Waals surface area contributed by atoms with Gasteiger partial charge in [0.05, 0.1) is 0 Å². The third-order valence-corrected chi connectivity index (χ3v) is 5.83. The summed E-state index contributed by atoms with van der Waals surface area (Å²) >= 11 is 1.75. The first-order valence-corrected chi connectivity index (χ1v) is 9.71. The Bertz CT molecular complexity index is 347.